The van der Waals surface area contributed by atoms with E-state index in [0.29, 0.717) is 0 Å². The number of aliphatic hydroxyl groups is 1. The summed E-state index contributed by atoms with van der Waals surface area (Å²) in [4.78, 5) is 0. The molecule has 3 nitrogen and oxygen atoms in total. The lowest BCUT2D eigenvalue weighted by Crippen LogP contribution is -2.29. The summed E-state index contributed by atoms with van der Waals surface area (Å²) in [5.41, 5.74) is 0.0333. The number of hydrogen-bond acceptors (Lipinski definition) is 3. The molecule has 0 aliphatic carbocycles. The van der Waals surface area contributed by atoms with Crippen LogP contribution in [0.25, 0.3) is 0 Å². The first kappa shape index (κ1) is 9.58. The summed E-state index contributed by atoms with van der Waals surface area (Å²) in [7, 11) is -1.23. The van der Waals surface area contributed by atoms with E-state index in [1.54, 1.807) is 0 Å². The highest BCUT2D eigenvalue weighted by Crippen LogP contribution is 2.19. The van der Waals surface area contributed by atoms with Crippen molar-refractivity contribution in [2.45, 2.75) is 13.2 Å². The lowest BCUT2D eigenvalue weighted by atomic mass is 9.78. The molecule has 1 aromatic rings. The summed E-state index contributed by atoms with van der Waals surface area (Å²) in [6, 6.07) is 1.21. The van der Waals surface area contributed by atoms with Gasteiger partial charge in [-0.3, -0.25) is 0 Å². The molecule has 0 saturated heterocycles. The minimum atomic E-state index is -1.23. The van der Waals surface area contributed by atoms with Crippen LogP contribution in [0.4, 0.5) is 8.78 Å². The van der Waals surface area contributed by atoms with Gasteiger partial charge in [0.15, 0.2) is 11.6 Å². The molecule has 0 fully saturated rings. The molecule has 14 heavy (non-hydrogen) atoms. The molecule has 0 bridgehead atoms. The van der Waals surface area contributed by atoms with Gasteiger partial charge in [0.05, 0.1) is 13.2 Å². The maximum absolute atomic E-state index is 13.2. The molecule has 0 saturated carbocycles. The Hall–Kier alpha value is -0.975. The van der Waals surface area contributed by atoms with Crippen molar-refractivity contribution in [3.8, 4) is 0 Å². The molecule has 0 unspecified atom stereocenters. The molecule has 2 N–H and O–H groups in total. The lowest BCUT2D eigenvalue weighted by Gasteiger charge is -2.05. The van der Waals surface area contributed by atoms with Gasteiger partial charge in [0, 0.05) is 11.1 Å². The van der Waals surface area contributed by atoms with Crippen LogP contribution in [0.1, 0.15) is 11.1 Å². The predicted octanol–water partition coefficient (Wildman–Crippen LogP) is -0.325. The van der Waals surface area contributed by atoms with Crippen LogP contribution in [0.3, 0.4) is 0 Å². The average Bonchev–Trinajstić information content (AvgIpc) is 2.54. The van der Waals surface area contributed by atoms with Crippen molar-refractivity contribution in [1.82, 2.24) is 0 Å². The largest absolute Gasteiger partial charge is 0.491 e. The predicted molar refractivity (Wildman–Crippen MR) is 44.7 cm³/mol. The van der Waals surface area contributed by atoms with Crippen LogP contribution < -0.4 is 5.46 Å². The summed E-state index contributed by atoms with van der Waals surface area (Å²) in [5, 5.41) is 18.0. The van der Waals surface area contributed by atoms with E-state index in [1.165, 1.54) is 6.07 Å². The number of hydrogen-bond donors (Lipinski definition) is 2. The van der Waals surface area contributed by atoms with Crippen LogP contribution in [0.2, 0.25) is 0 Å². The zero-order chi connectivity index (χ0) is 10.3. The minimum Gasteiger partial charge on any atom is -0.423 e. The summed E-state index contributed by atoms with van der Waals surface area (Å²) >= 11 is 0. The van der Waals surface area contributed by atoms with Crippen molar-refractivity contribution in [3.05, 3.63) is 28.8 Å². The van der Waals surface area contributed by atoms with E-state index in [9.17, 15) is 13.8 Å². The molecule has 2 rings (SSSR count). The topological polar surface area (TPSA) is 49.7 Å². The first-order valence-electron chi connectivity index (χ1n) is 4.05. The number of rotatable bonds is 1. The summed E-state index contributed by atoms with van der Waals surface area (Å²) in [6.07, 6.45) is 0. The monoisotopic (exact) mass is 200 g/mol. The van der Waals surface area contributed by atoms with Gasteiger partial charge >= 0.3 is 7.12 Å². The molecule has 1 heterocycles. The maximum atomic E-state index is 13.2. The summed E-state index contributed by atoms with van der Waals surface area (Å²) in [6.45, 7) is -0.756. The quantitative estimate of drug-likeness (QED) is 0.610. The zero-order valence-electron chi connectivity index (χ0n) is 7.13. The third-order valence-corrected chi connectivity index (χ3v) is 2.24. The third kappa shape index (κ3) is 1.23. The van der Waals surface area contributed by atoms with Gasteiger partial charge in [-0.15, -0.1) is 0 Å². The summed E-state index contributed by atoms with van der Waals surface area (Å²) < 4.78 is 31.1. The van der Waals surface area contributed by atoms with Gasteiger partial charge in [0.2, 0.25) is 0 Å². The van der Waals surface area contributed by atoms with E-state index in [1.807, 2.05) is 0 Å². The first-order valence-corrected chi connectivity index (χ1v) is 4.05. The van der Waals surface area contributed by atoms with Crippen molar-refractivity contribution >= 4 is 12.6 Å². The second-order valence-electron chi connectivity index (χ2n) is 3.05. The van der Waals surface area contributed by atoms with Gasteiger partial charge in [0.25, 0.3) is 0 Å². The first-order chi connectivity index (χ1) is 6.65. The fourth-order valence-corrected chi connectivity index (χ4v) is 1.47. The van der Waals surface area contributed by atoms with Crippen molar-refractivity contribution < 1.29 is 23.6 Å². The minimum absolute atomic E-state index is 0.0206. The van der Waals surface area contributed by atoms with E-state index >= 15 is 0 Å². The Morgan fingerprint density at radius 3 is 2.79 bits per heavy atom. The van der Waals surface area contributed by atoms with E-state index in [0.717, 1.165) is 0 Å². The highest BCUT2D eigenvalue weighted by atomic mass is 19.2. The summed E-state index contributed by atoms with van der Waals surface area (Å²) in [5.74, 6) is -2.13. The lowest BCUT2D eigenvalue weighted by molar-refractivity contribution is 0.267. The van der Waals surface area contributed by atoms with Crippen LogP contribution in [0, 0.1) is 11.6 Å². The standard InChI is InChI=1S/C8H7BF2O3/c10-7-4(2-12)1-6-5(8(7)11)3-14-9(6)13/h1,12-13H,2-3H2. The maximum Gasteiger partial charge on any atom is 0.491 e. The van der Waals surface area contributed by atoms with Crippen LogP contribution in [-0.4, -0.2) is 17.2 Å². The number of aliphatic hydroxyl groups excluding tert-OH is 1. The van der Waals surface area contributed by atoms with E-state index < -0.39 is 25.4 Å². The molecule has 0 atom stereocenters. The molecule has 74 valence electrons. The second-order valence-corrected chi connectivity index (χ2v) is 3.05. The molecule has 0 spiro atoms. The smallest absolute Gasteiger partial charge is 0.423 e. The van der Waals surface area contributed by atoms with Crippen LogP contribution in [-0.2, 0) is 17.9 Å². The van der Waals surface area contributed by atoms with Crippen LogP contribution in [0.15, 0.2) is 6.07 Å². The van der Waals surface area contributed by atoms with Crippen LogP contribution in [0.5, 0.6) is 0 Å². The number of benzene rings is 1. The van der Waals surface area contributed by atoms with Crippen molar-refractivity contribution in [2.75, 3.05) is 0 Å². The Labute approximate surface area is 79.1 Å². The van der Waals surface area contributed by atoms with Gasteiger partial charge in [-0.2, -0.15) is 0 Å². The molecular weight excluding hydrogens is 193 g/mol. The third-order valence-electron chi connectivity index (χ3n) is 2.24. The second kappa shape index (κ2) is 3.31. The molecule has 0 amide bonds. The Bertz CT molecular complexity index is 383. The van der Waals surface area contributed by atoms with Gasteiger partial charge in [-0.1, -0.05) is 6.07 Å². The van der Waals surface area contributed by atoms with E-state index in [-0.39, 0.29) is 23.2 Å². The molecule has 0 radical (unpaired) electrons. The van der Waals surface area contributed by atoms with E-state index in [2.05, 4.69) is 0 Å². The Kier molecular flexibility index (Phi) is 2.26. The molecule has 1 aliphatic rings. The molecule has 1 aliphatic heterocycles. The van der Waals surface area contributed by atoms with Crippen molar-refractivity contribution in [1.29, 1.82) is 0 Å². The molecule has 1 aromatic carbocycles. The molecule has 0 aromatic heterocycles. The molecular formula is C8H7BF2O3. The Morgan fingerprint density at radius 1 is 1.43 bits per heavy atom. The van der Waals surface area contributed by atoms with Gasteiger partial charge in [-0.25, -0.2) is 8.78 Å². The Balaban J connectivity index is 2.62. The van der Waals surface area contributed by atoms with Gasteiger partial charge < -0.3 is 14.8 Å². The Morgan fingerprint density at radius 2 is 2.14 bits per heavy atom. The average molecular weight is 200 g/mol. The SMILES string of the molecule is OCc1cc2c(c(F)c1F)COB2O. The van der Waals surface area contributed by atoms with Crippen LogP contribution >= 0.6 is 0 Å². The van der Waals surface area contributed by atoms with Crippen molar-refractivity contribution in [2.24, 2.45) is 0 Å². The fraction of sp³-hybridized carbons (Fsp3) is 0.250. The normalized spacial score (nSPS) is 14.7. The number of halogens is 2. The van der Waals surface area contributed by atoms with Gasteiger partial charge in [0.1, 0.15) is 0 Å². The highest BCUT2D eigenvalue weighted by molar-refractivity contribution is 6.61. The fourth-order valence-electron chi connectivity index (χ4n) is 1.47. The van der Waals surface area contributed by atoms with Gasteiger partial charge in [-0.05, 0) is 5.46 Å². The highest BCUT2D eigenvalue weighted by Gasteiger charge is 2.32. The van der Waals surface area contributed by atoms with E-state index in [4.69, 9.17) is 9.76 Å². The van der Waals surface area contributed by atoms with Crippen molar-refractivity contribution in [3.63, 3.8) is 0 Å². The molecule has 6 heteroatoms. The number of fused-ring (bicyclic) bond motifs is 1. The zero-order valence-corrected chi connectivity index (χ0v) is 7.13.